The molecule has 2 aromatic rings. The van der Waals surface area contributed by atoms with Gasteiger partial charge in [0.15, 0.2) is 0 Å². The van der Waals surface area contributed by atoms with E-state index >= 15 is 0 Å². The van der Waals surface area contributed by atoms with E-state index in [1.807, 2.05) is 12.3 Å². The first-order valence-corrected chi connectivity index (χ1v) is 6.64. The fourth-order valence-electron chi connectivity index (χ4n) is 1.47. The number of aryl methyl sites for hydroxylation is 1. The van der Waals surface area contributed by atoms with Crippen molar-refractivity contribution in [2.45, 2.75) is 33.4 Å². The van der Waals surface area contributed by atoms with Crippen molar-refractivity contribution in [1.29, 1.82) is 0 Å². The highest BCUT2D eigenvalue weighted by Crippen LogP contribution is 2.22. The summed E-state index contributed by atoms with van der Waals surface area (Å²) in [5, 5.41) is 6.45. The number of nitrogens with one attached hydrogen (secondary N) is 1. The topological polar surface area (TPSA) is 37.8 Å². The van der Waals surface area contributed by atoms with Crippen molar-refractivity contribution in [2.75, 3.05) is 0 Å². The second kappa shape index (κ2) is 5.38. The lowest BCUT2D eigenvalue weighted by atomic mass is 10.2. The van der Waals surface area contributed by atoms with Crippen LogP contribution in [-0.4, -0.2) is 16.0 Å². The third kappa shape index (κ3) is 3.35. The second-order valence-electron chi connectivity index (χ2n) is 4.40. The lowest BCUT2D eigenvalue weighted by Crippen LogP contribution is -2.21. The third-order valence-electron chi connectivity index (χ3n) is 2.38. The van der Waals surface area contributed by atoms with Gasteiger partial charge in [-0.25, -0.2) is 4.98 Å². The maximum atomic E-state index is 4.59. The number of rotatable bonds is 4. The molecule has 0 saturated heterocycles. The molecule has 0 aliphatic carbocycles. The van der Waals surface area contributed by atoms with Crippen LogP contribution in [0.25, 0.3) is 10.7 Å². The minimum Gasteiger partial charge on any atom is -0.309 e. The number of hydrogen-bond acceptors (Lipinski definition) is 4. The Morgan fingerprint density at radius 2 is 2.24 bits per heavy atom. The van der Waals surface area contributed by atoms with Gasteiger partial charge in [-0.15, -0.1) is 11.3 Å². The highest BCUT2D eigenvalue weighted by atomic mass is 32.1. The first-order chi connectivity index (χ1) is 8.15. The molecule has 0 radical (unpaired) electrons. The fourth-order valence-corrected chi connectivity index (χ4v) is 2.25. The fraction of sp³-hybridized carbons (Fsp3) is 0.385. The lowest BCUT2D eigenvalue weighted by Gasteiger charge is -2.04. The molecule has 0 fully saturated rings. The molecule has 2 heterocycles. The molecular formula is C13H17N3S. The van der Waals surface area contributed by atoms with Crippen molar-refractivity contribution in [3.63, 3.8) is 0 Å². The summed E-state index contributed by atoms with van der Waals surface area (Å²) in [6.45, 7) is 7.16. The van der Waals surface area contributed by atoms with E-state index in [9.17, 15) is 0 Å². The number of pyridine rings is 1. The summed E-state index contributed by atoms with van der Waals surface area (Å²) in [6, 6.07) is 4.55. The van der Waals surface area contributed by atoms with Crippen LogP contribution in [0.4, 0.5) is 0 Å². The van der Waals surface area contributed by atoms with Crippen molar-refractivity contribution in [2.24, 2.45) is 0 Å². The van der Waals surface area contributed by atoms with Gasteiger partial charge >= 0.3 is 0 Å². The average molecular weight is 247 g/mol. The van der Waals surface area contributed by atoms with Gasteiger partial charge in [-0.2, -0.15) is 0 Å². The maximum absolute atomic E-state index is 4.59. The van der Waals surface area contributed by atoms with Crippen molar-refractivity contribution in [3.05, 3.63) is 35.0 Å². The van der Waals surface area contributed by atoms with E-state index in [0.29, 0.717) is 6.04 Å². The van der Waals surface area contributed by atoms with Gasteiger partial charge in [0.05, 0.1) is 11.4 Å². The number of hydrogen-bond donors (Lipinski definition) is 1. The zero-order valence-corrected chi connectivity index (χ0v) is 11.2. The quantitative estimate of drug-likeness (QED) is 0.902. The summed E-state index contributed by atoms with van der Waals surface area (Å²) >= 11 is 1.65. The SMILES string of the molecule is Cc1ccnc(-c2nc(CNC(C)C)cs2)c1. The highest BCUT2D eigenvalue weighted by Gasteiger charge is 2.06. The van der Waals surface area contributed by atoms with Gasteiger partial charge in [0, 0.05) is 24.2 Å². The van der Waals surface area contributed by atoms with Crippen molar-refractivity contribution in [1.82, 2.24) is 15.3 Å². The molecule has 2 rings (SSSR count). The van der Waals surface area contributed by atoms with Crippen LogP contribution in [-0.2, 0) is 6.54 Å². The molecule has 0 aliphatic heterocycles. The van der Waals surface area contributed by atoms with Crippen LogP contribution in [0.5, 0.6) is 0 Å². The van der Waals surface area contributed by atoms with Crippen molar-refractivity contribution >= 4 is 11.3 Å². The van der Waals surface area contributed by atoms with Gasteiger partial charge in [-0.05, 0) is 24.6 Å². The third-order valence-corrected chi connectivity index (χ3v) is 3.29. The predicted molar refractivity (Wildman–Crippen MR) is 72.1 cm³/mol. The Morgan fingerprint density at radius 3 is 2.94 bits per heavy atom. The van der Waals surface area contributed by atoms with E-state index in [1.54, 1.807) is 11.3 Å². The second-order valence-corrected chi connectivity index (χ2v) is 5.26. The van der Waals surface area contributed by atoms with E-state index in [2.05, 4.69) is 47.5 Å². The van der Waals surface area contributed by atoms with E-state index in [0.717, 1.165) is 22.9 Å². The summed E-state index contributed by atoms with van der Waals surface area (Å²) < 4.78 is 0. The van der Waals surface area contributed by atoms with E-state index < -0.39 is 0 Å². The monoisotopic (exact) mass is 247 g/mol. The Balaban J connectivity index is 2.12. The standard InChI is InChI=1S/C13H17N3S/c1-9(2)15-7-11-8-17-13(16-11)12-6-10(3)4-5-14-12/h4-6,8-9,15H,7H2,1-3H3. The lowest BCUT2D eigenvalue weighted by molar-refractivity contribution is 0.583. The number of nitrogens with zero attached hydrogens (tertiary/aromatic N) is 2. The molecule has 0 aliphatic rings. The van der Waals surface area contributed by atoms with Gasteiger partial charge in [0.1, 0.15) is 5.01 Å². The van der Waals surface area contributed by atoms with Crippen LogP contribution in [0.2, 0.25) is 0 Å². The first kappa shape index (κ1) is 12.2. The minimum atomic E-state index is 0.484. The van der Waals surface area contributed by atoms with Crippen LogP contribution >= 0.6 is 11.3 Å². The molecule has 0 atom stereocenters. The molecule has 90 valence electrons. The molecule has 0 saturated carbocycles. The summed E-state index contributed by atoms with van der Waals surface area (Å²) in [5.41, 5.74) is 3.26. The smallest absolute Gasteiger partial charge is 0.142 e. The molecule has 0 spiro atoms. The largest absolute Gasteiger partial charge is 0.309 e. The highest BCUT2D eigenvalue weighted by molar-refractivity contribution is 7.13. The van der Waals surface area contributed by atoms with Crippen LogP contribution in [0.1, 0.15) is 25.1 Å². The Morgan fingerprint density at radius 1 is 1.41 bits per heavy atom. The van der Waals surface area contributed by atoms with E-state index in [1.165, 1.54) is 5.56 Å². The van der Waals surface area contributed by atoms with Crippen LogP contribution in [0.15, 0.2) is 23.7 Å². The van der Waals surface area contributed by atoms with Gasteiger partial charge in [0.25, 0.3) is 0 Å². The van der Waals surface area contributed by atoms with Gasteiger partial charge < -0.3 is 5.32 Å². The molecule has 0 amide bonds. The summed E-state index contributed by atoms with van der Waals surface area (Å²) in [6.07, 6.45) is 1.83. The molecular weight excluding hydrogens is 230 g/mol. The molecule has 0 unspecified atom stereocenters. The molecule has 17 heavy (non-hydrogen) atoms. The van der Waals surface area contributed by atoms with E-state index in [4.69, 9.17) is 0 Å². The Labute approximate surface area is 106 Å². The zero-order valence-electron chi connectivity index (χ0n) is 10.4. The Hall–Kier alpha value is -1.26. The number of thiazole rings is 1. The van der Waals surface area contributed by atoms with Crippen LogP contribution in [0, 0.1) is 6.92 Å². The summed E-state index contributed by atoms with van der Waals surface area (Å²) in [4.78, 5) is 8.93. The van der Waals surface area contributed by atoms with E-state index in [-0.39, 0.29) is 0 Å². The molecule has 3 nitrogen and oxygen atoms in total. The zero-order chi connectivity index (χ0) is 12.3. The molecule has 2 aromatic heterocycles. The Kier molecular flexibility index (Phi) is 3.86. The van der Waals surface area contributed by atoms with Gasteiger partial charge in [0.2, 0.25) is 0 Å². The molecule has 4 heteroatoms. The van der Waals surface area contributed by atoms with Crippen molar-refractivity contribution < 1.29 is 0 Å². The molecule has 0 aromatic carbocycles. The average Bonchev–Trinajstić information content (AvgIpc) is 2.75. The van der Waals surface area contributed by atoms with Crippen LogP contribution < -0.4 is 5.32 Å². The van der Waals surface area contributed by atoms with Crippen LogP contribution in [0.3, 0.4) is 0 Å². The first-order valence-electron chi connectivity index (χ1n) is 5.76. The molecule has 0 bridgehead atoms. The Bertz CT molecular complexity index is 491. The predicted octanol–water partition coefficient (Wildman–Crippen LogP) is 3.01. The number of aromatic nitrogens is 2. The molecule has 1 N–H and O–H groups in total. The van der Waals surface area contributed by atoms with Crippen molar-refractivity contribution in [3.8, 4) is 10.7 Å². The summed E-state index contributed by atoms with van der Waals surface area (Å²) in [7, 11) is 0. The maximum Gasteiger partial charge on any atom is 0.142 e. The normalized spacial score (nSPS) is 11.1. The minimum absolute atomic E-state index is 0.484. The summed E-state index contributed by atoms with van der Waals surface area (Å²) in [5.74, 6) is 0. The van der Waals surface area contributed by atoms with Gasteiger partial charge in [-0.1, -0.05) is 13.8 Å². The van der Waals surface area contributed by atoms with Gasteiger partial charge in [-0.3, -0.25) is 4.98 Å².